The van der Waals surface area contributed by atoms with Gasteiger partial charge in [-0.2, -0.15) is 0 Å². The number of nitrogens with zero attached hydrogens (tertiary/aromatic N) is 2. The van der Waals surface area contributed by atoms with Crippen molar-refractivity contribution in [2.24, 2.45) is 0 Å². The van der Waals surface area contributed by atoms with Crippen molar-refractivity contribution in [3.05, 3.63) is 134 Å². The number of rotatable bonds is 13. The Morgan fingerprint density at radius 1 is 0.932 bits per heavy atom. The van der Waals surface area contributed by atoms with E-state index in [0.29, 0.717) is 23.6 Å². The van der Waals surface area contributed by atoms with Gasteiger partial charge in [0.05, 0.1) is 41.8 Å². The highest BCUT2D eigenvalue weighted by atomic mass is 16.6. The number of hydrogen-bond donors (Lipinski definition) is 1. The molecule has 0 saturated heterocycles. The fraction of sp³-hybridized carbons (Fsp3) is 0.265. The molecule has 0 spiro atoms. The number of nitrogens with one attached hydrogen (secondary N) is 1. The van der Waals surface area contributed by atoms with Gasteiger partial charge in [0.1, 0.15) is 6.61 Å². The van der Waals surface area contributed by atoms with Crippen LogP contribution < -0.4 is 5.32 Å². The molecule has 1 unspecified atom stereocenters. The average Bonchev–Trinajstić information content (AvgIpc) is 3.01. The normalized spacial score (nSPS) is 14.8. The molecule has 0 bridgehead atoms. The number of nitro groups is 1. The molecular weight excluding hydrogens is 562 g/mol. The van der Waals surface area contributed by atoms with Crippen molar-refractivity contribution in [3.63, 3.8) is 0 Å². The molecule has 228 valence electrons. The van der Waals surface area contributed by atoms with E-state index in [9.17, 15) is 19.7 Å². The molecule has 0 radical (unpaired) electrons. The van der Waals surface area contributed by atoms with E-state index in [1.54, 1.807) is 39.2 Å². The van der Waals surface area contributed by atoms with E-state index in [1.165, 1.54) is 29.3 Å². The van der Waals surface area contributed by atoms with Crippen LogP contribution in [0.4, 0.5) is 5.69 Å². The molecule has 1 aliphatic rings. The van der Waals surface area contributed by atoms with Gasteiger partial charge in [0.15, 0.2) is 0 Å². The van der Waals surface area contributed by atoms with Crippen molar-refractivity contribution in [2.45, 2.75) is 33.1 Å². The molecule has 1 aromatic heterocycles. The molecule has 1 aliphatic heterocycles. The van der Waals surface area contributed by atoms with Crippen LogP contribution in [-0.2, 0) is 30.2 Å². The van der Waals surface area contributed by atoms with Crippen LogP contribution in [0, 0.1) is 10.1 Å². The molecule has 2 aromatic carbocycles. The van der Waals surface area contributed by atoms with Crippen LogP contribution in [0.1, 0.15) is 48.9 Å². The topological polar surface area (TPSA) is 130 Å². The molecule has 10 nitrogen and oxygen atoms in total. The van der Waals surface area contributed by atoms with E-state index in [-0.39, 0.29) is 36.7 Å². The quantitative estimate of drug-likeness (QED) is 0.115. The van der Waals surface area contributed by atoms with Crippen molar-refractivity contribution in [1.82, 2.24) is 10.3 Å². The van der Waals surface area contributed by atoms with E-state index >= 15 is 0 Å². The standard InChI is InChI=1S/C34H35N3O7/c1-4-43-33(38)30-23(2)36-24(3)31(32(30)28-8-5-9-29(22-28)37(40)41)34(39)44-20-19-42-18-6-7-25-10-12-26(13-11-25)21-27-14-16-35-17-15-27/h5-17,22,32,36H,4,18-21H2,1-3H3. The summed E-state index contributed by atoms with van der Waals surface area (Å²) < 4.78 is 16.4. The number of allylic oxidation sites excluding steroid dienone is 2. The Balaban J connectivity index is 1.35. The number of carbonyl (C=O) groups excluding carboxylic acids is 2. The van der Waals surface area contributed by atoms with Crippen LogP contribution in [0.25, 0.3) is 6.08 Å². The zero-order valence-corrected chi connectivity index (χ0v) is 24.9. The lowest BCUT2D eigenvalue weighted by atomic mass is 9.80. The SMILES string of the molecule is CCOC(=O)C1=C(C)NC(C)=C(C(=O)OCCOCC=Cc2ccc(Cc3ccncc3)cc2)C1c1cccc([N+](=O)[O-])c1. The molecule has 4 rings (SSSR count). The minimum atomic E-state index is -0.914. The van der Waals surface area contributed by atoms with Crippen molar-refractivity contribution in [1.29, 1.82) is 0 Å². The van der Waals surface area contributed by atoms with E-state index in [0.717, 1.165) is 12.0 Å². The van der Waals surface area contributed by atoms with E-state index < -0.39 is 22.8 Å². The summed E-state index contributed by atoms with van der Waals surface area (Å²) in [6.07, 6.45) is 8.26. The van der Waals surface area contributed by atoms with Crippen molar-refractivity contribution in [2.75, 3.05) is 26.4 Å². The van der Waals surface area contributed by atoms with Crippen molar-refractivity contribution in [3.8, 4) is 0 Å². The van der Waals surface area contributed by atoms with Gasteiger partial charge in [0.2, 0.25) is 0 Å². The summed E-state index contributed by atoms with van der Waals surface area (Å²) in [5, 5.41) is 14.5. The Hall–Kier alpha value is -5.09. The number of ether oxygens (including phenoxy) is 3. The van der Waals surface area contributed by atoms with Gasteiger partial charge in [-0.1, -0.05) is 48.6 Å². The van der Waals surface area contributed by atoms with Crippen LogP contribution in [0.3, 0.4) is 0 Å². The first-order valence-electron chi connectivity index (χ1n) is 14.3. The molecule has 1 atom stereocenters. The summed E-state index contributed by atoms with van der Waals surface area (Å²) in [4.78, 5) is 41.3. The fourth-order valence-electron chi connectivity index (χ4n) is 4.98. The predicted octanol–water partition coefficient (Wildman–Crippen LogP) is 5.65. The monoisotopic (exact) mass is 597 g/mol. The van der Waals surface area contributed by atoms with Gasteiger partial charge >= 0.3 is 11.9 Å². The van der Waals surface area contributed by atoms with Crippen molar-refractivity contribution < 1.29 is 28.7 Å². The number of benzene rings is 2. The molecule has 3 aromatic rings. The molecule has 0 saturated carbocycles. The van der Waals surface area contributed by atoms with Gasteiger partial charge in [-0.25, -0.2) is 9.59 Å². The highest BCUT2D eigenvalue weighted by Crippen LogP contribution is 2.40. The van der Waals surface area contributed by atoms with Gasteiger partial charge in [-0.15, -0.1) is 0 Å². The van der Waals surface area contributed by atoms with Crippen LogP contribution in [0.15, 0.2) is 102 Å². The zero-order valence-electron chi connectivity index (χ0n) is 24.9. The van der Waals surface area contributed by atoms with Gasteiger partial charge in [-0.05, 0) is 61.6 Å². The van der Waals surface area contributed by atoms with Crippen LogP contribution >= 0.6 is 0 Å². The summed E-state index contributed by atoms with van der Waals surface area (Å²) in [5.41, 5.74) is 5.03. The second-order valence-corrected chi connectivity index (χ2v) is 10.1. The third-order valence-electron chi connectivity index (χ3n) is 7.01. The lowest BCUT2D eigenvalue weighted by Crippen LogP contribution is -2.32. The maximum absolute atomic E-state index is 13.4. The van der Waals surface area contributed by atoms with E-state index in [2.05, 4.69) is 22.4 Å². The minimum absolute atomic E-state index is 0.0216. The number of aromatic nitrogens is 1. The first-order valence-corrected chi connectivity index (χ1v) is 14.3. The first-order chi connectivity index (χ1) is 21.3. The largest absolute Gasteiger partial charge is 0.463 e. The molecular formula is C34H35N3O7. The highest BCUT2D eigenvalue weighted by molar-refractivity contribution is 6.00. The number of carbonyl (C=O) groups is 2. The number of pyridine rings is 1. The predicted molar refractivity (Wildman–Crippen MR) is 165 cm³/mol. The molecule has 2 heterocycles. The van der Waals surface area contributed by atoms with Crippen LogP contribution in [-0.4, -0.2) is 48.3 Å². The second-order valence-electron chi connectivity index (χ2n) is 10.1. The Bertz CT molecular complexity index is 1580. The maximum Gasteiger partial charge on any atom is 0.336 e. The third-order valence-corrected chi connectivity index (χ3v) is 7.01. The summed E-state index contributed by atoms with van der Waals surface area (Å²) in [7, 11) is 0. The fourth-order valence-corrected chi connectivity index (χ4v) is 4.98. The second kappa shape index (κ2) is 15.4. The van der Waals surface area contributed by atoms with E-state index in [1.807, 2.05) is 36.4 Å². The summed E-state index contributed by atoms with van der Waals surface area (Å²) in [5.74, 6) is -2.19. The Morgan fingerprint density at radius 3 is 2.25 bits per heavy atom. The molecule has 0 amide bonds. The number of non-ortho nitro benzene ring substituents is 1. The molecule has 1 N–H and O–H groups in total. The Kier molecular flexibility index (Phi) is 11.1. The third kappa shape index (κ3) is 8.26. The van der Waals surface area contributed by atoms with Crippen molar-refractivity contribution >= 4 is 23.7 Å². The molecule has 0 fully saturated rings. The summed E-state index contributed by atoms with van der Waals surface area (Å²) in [6, 6.07) is 18.1. The molecule has 44 heavy (non-hydrogen) atoms. The number of hydrogen-bond acceptors (Lipinski definition) is 9. The Morgan fingerprint density at radius 2 is 1.59 bits per heavy atom. The lowest BCUT2D eigenvalue weighted by molar-refractivity contribution is -0.384. The molecule has 10 heteroatoms. The first kappa shape index (κ1) is 31.8. The van der Waals surface area contributed by atoms with Gasteiger partial charge < -0.3 is 19.5 Å². The summed E-state index contributed by atoms with van der Waals surface area (Å²) in [6.45, 7) is 5.65. The van der Waals surface area contributed by atoms with Crippen LogP contribution in [0.2, 0.25) is 0 Å². The van der Waals surface area contributed by atoms with Crippen LogP contribution in [0.5, 0.6) is 0 Å². The summed E-state index contributed by atoms with van der Waals surface area (Å²) >= 11 is 0. The zero-order chi connectivity index (χ0) is 31.5. The Labute approximate surface area is 256 Å². The maximum atomic E-state index is 13.4. The number of nitro benzene ring substituents is 1. The number of dihydropyridines is 1. The highest BCUT2D eigenvalue weighted by Gasteiger charge is 2.38. The minimum Gasteiger partial charge on any atom is -0.463 e. The van der Waals surface area contributed by atoms with E-state index in [4.69, 9.17) is 14.2 Å². The lowest BCUT2D eigenvalue weighted by Gasteiger charge is -2.30. The van der Waals surface area contributed by atoms with Gasteiger partial charge in [0.25, 0.3) is 5.69 Å². The average molecular weight is 598 g/mol. The molecule has 0 aliphatic carbocycles. The number of esters is 2. The smallest absolute Gasteiger partial charge is 0.336 e. The van der Waals surface area contributed by atoms with Gasteiger partial charge in [0, 0.05) is 35.9 Å². The van der Waals surface area contributed by atoms with Gasteiger partial charge in [-0.3, -0.25) is 15.1 Å².